The van der Waals surface area contributed by atoms with E-state index in [-0.39, 0.29) is 12.5 Å². The average molecular weight is 392 g/mol. The van der Waals surface area contributed by atoms with Gasteiger partial charge in [0.25, 0.3) is 0 Å². The number of aliphatic imine (C=N–C) groups is 1. The number of halogens is 1. The Morgan fingerprint density at radius 2 is 2.27 bits per heavy atom. The molecule has 26 heavy (non-hydrogen) atoms. The van der Waals surface area contributed by atoms with Gasteiger partial charge in [-0.3, -0.25) is 9.79 Å². The third-order valence-corrected chi connectivity index (χ3v) is 5.53. The number of aromatic nitrogens is 1. The number of nitrogens with zero attached hydrogens (tertiary/aromatic N) is 3. The molecule has 1 amide bonds. The zero-order valence-electron chi connectivity index (χ0n) is 14.7. The average Bonchev–Trinajstić information content (AvgIpc) is 3.13. The van der Waals surface area contributed by atoms with Gasteiger partial charge in [-0.15, -0.1) is 11.3 Å². The second kappa shape index (κ2) is 9.00. The molecule has 0 fully saturated rings. The minimum atomic E-state index is 0.0895. The van der Waals surface area contributed by atoms with Gasteiger partial charge in [-0.2, -0.15) is 0 Å². The number of fused-ring (bicyclic) bond motifs is 1. The van der Waals surface area contributed by atoms with Crippen molar-refractivity contribution in [1.82, 2.24) is 20.5 Å². The van der Waals surface area contributed by atoms with Crippen LogP contribution in [-0.2, 0) is 24.2 Å². The standard InChI is InChI=1S/C18H22ClN5OS/c1-20-18(21-7-4-13-2-3-16(19)22-10-13)23-11-17(25)24-8-5-15-14(12-24)6-9-26-15/h2-3,6,9-10H,4-5,7-8,11-12H2,1H3,(H2,20,21,23). The second-order valence-electron chi connectivity index (χ2n) is 6.03. The fourth-order valence-electron chi connectivity index (χ4n) is 2.83. The number of pyridine rings is 1. The van der Waals surface area contributed by atoms with E-state index in [1.54, 1.807) is 30.6 Å². The van der Waals surface area contributed by atoms with Gasteiger partial charge < -0.3 is 15.5 Å². The van der Waals surface area contributed by atoms with E-state index in [0.29, 0.717) is 24.2 Å². The van der Waals surface area contributed by atoms with Crippen molar-refractivity contribution in [2.24, 2.45) is 4.99 Å². The minimum Gasteiger partial charge on any atom is -0.356 e. The van der Waals surface area contributed by atoms with Crippen LogP contribution in [0.15, 0.2) is 34.8 Å². The zero-order chi connectivity index (χ0) is 18.4. The van der Waals surface area contributed by atoms with E-state index in [4.69, 9.17) is 11.6 Å². The summed E-state index contributed by atoms with van der Waals surface area (Å²) in [6.45, 7) is 2.42. The molecule has 0 aromatic carbocycles. The quantitative estimate of drug-likeness (QED) is 0.465. The lowest BCUT2D eigenvalue weighted by Crippen LogP contribution is -2.46. The van der Waals surface area contributed by atoms with Crippen LogP contribution in [0, 0.1) is 0 Å². The van der Waals surface area contributed by atoms with Gasteiger partial charge in [0.05, 0.1) is 6.54 Å². The highest BCUT2D eigenvalue weighted by Crippen LogP contribution is 2.23. The molecule has 2 aromatic heterocycles. The summed E-state index contributed by atoms with van der Waals surface area (Å²) in [4.78, 5) is 24.0. The maximum Gasteiger partial charge on any atom is 0.242 e. The molecule has 0 radical (unpaired) electrons. The van der Waals surface area contributed by atoms with E-state index >= 15 is 0 Å². The maximum atomic E-state index is 12.4. The van der Waals surface area contributed by atoms with Crippen LogP contribution in [0.2, 0.25) is 5.15 Å². The van der Waals surface area contributed by atoms with E-state index in [1.165, 1.54) is 10.4 Å². The van der Waals surface area contributed by atoms with E-state index in [1.807, 2.05) is 11.0 Å². The normalized spacial score (nSPS) is 14.1. The van der Waals surface area contributed by atoms with Gasteiger partial charge in [0.1, 0.15) is 5.15 Å². The van der Waals surface area contributed by atoms with Crippen LogP contribution in [0.3, 0.4) is 0 Å². The molecule has 6 nitrogen and oxygen atoms in total. The van der Waals surface area contributed by atoms with Crippen LogP contribution in [0.5, 0.6) is 0 Å². The number of thiophene rings is 1. The molecule has 3 heterocycles. The highest BCUT2D eigenvalue weighted by atomic mass is 35.5. The summed E-state index contributed by atoms with van der Waals surface area (Å²) in [6, 6.07) is 5.84. The van der Waals surface area contributed by atoms with Gasteiger partial charge in [0.2, 0.25) is 5.91 Å². The number of carbonyl (C=O) groups excluding carboxylic acids is 1. The predicted molar refractivity (Wildman–Crippen MR) is 106 cm³/mol. The Balaban J connectivity index is 1.41. The number of hydrogen-bond acceptors (Lipinski definition) is 4. The molecule has 0 unspecified atom stereocenters. The molecule has 0 saturated carbocycles. The van der Waals surface area contributed by atoms with Gasteiger partial charge in [0.15, 0.2) is 5.96 Å². The highest BCUT2D eigenvalue weighted by molar-refractivity contribution is 7.10. The molecule has 3 rings (SSSR count). The zero-order valence-corrected chi connectivity index (χ0v) is 16.2. The van der Waals surface area contributed by atoms with E-state index < -0.39 is 0 Å². The maximum absolute atomic E-state index is 12.4. The topological polar surface area (TPSA) is 69.6 Å². The molecule has 0 aliphatic carbocycles. The monoisotopic (exact) mass is 391 g/mol. The summed E-state index contributed by atoms with van der Waals surface area (Å²) in [6.07, 6.45) is 3.51. The Bertz CT molecular complexity index is 774. The summed E-state index contributed by atoms with van der Waals surface area (Å²) < 4.78 is 0. The lowest BCUT2D eigenvalue weighted by molar-refractivity contribution is -0.130. The molecule has 2 aromatic rings. The third-order valence-electron chi connectivity index (χ3n) is 4.29. The summed E-state index contributed by atoms with van der Waals surface area (Å²) in [5.74, 6) is 0.709. The molecule has 1 aliphatic heterocycles. The van der Waals surface area contributed by atoms with Crippen molar-refractivity contribution >= 4 is 34.8 Å². The van der Waals surface area contributed by atoms with Crippen molar-refractivity contribution < 1.29 is 4.79 Å². The van der Waals surface area contributed by atoms with Crippen molar-refractivity contribution in [3.8, 4) is 0 Å². The van der Waals surface area contributed by atoms with Crippen molar-refractivity contribution in [2.45, 2.75) is 19.4 Å². The summed E-state index contributed by atoms with van der Waals surface area (Å²) >= 11 is 7.56. The summed E-state index contributed by atoms with van der Waals surface area (Å²) in [5.41, 5.74) is 2.36. The fourth-order valence-corrected chi connectivity index (χ4v) is 3.83. The number of amides is 1. The van der Waals surface area contributed by atoms with Crippen LogP contribution in [0.1, 0.15) is 16.0 Å². The third kappa shape index (κ3) is 4.95. The Labute approximate surface area is 162 Å². The van der Waals surface area contributed by atoms with E-state index in [9.17, 15) is 4.79 Å². The molecule has 8 heteroatoms. The van der Waals surface area contributed by atoms with Crippen molar-refractivity contribution in [2.75, 3.05) is 26.7 Å². The first kappa shape index (κ1) is 18.7. The van der Waals surface area contributed by atoms with Crippen molar-refractivity contribution in [3.05, 3.63) is 50.9 Å². The second-order valence-corrected chi connectivity index (χ2v) is 7.41. The molecule has 1 aliphatic rings. The first-order chi connectivity index (χ1) is 12.7. The lowest BCUT2D eigenvalue weighted by Gasteiger charge is -2.27. The van der Waals surface area contributed by atoms with Crippen molar-refractivity contribution in [3.63, 3.8) is 0 Å². The van der Waals surface area contributed by atoms with Crippen LogP contribution >= 0.6 is 22.9 Å². The molecule has 0 bridgehead atoms. The van der Waals surface area contributed by atoms with Gasteiger partial charge >= 0.3 is 0 Å². The molecule has 0 spiro atoms. The Morgan fingerprint density at radius 3 is 3.04 bits per heavy atom. The smallest absolute Gasteiger partial charge is 0.242 e. The number of rotatable bonds is 5. The van der Waals surface area contributed by atoms with Crippen LogP contribution in [-0.4, -0.2) is 48.4 Å². The van der Waals surface area contributed by atoms with E-state index in [2.05, 4.69) is 32.1 Å². The van der Waals surface area contributed by atoms with Gasteiger partial charge in [-0.1, -0.05) is 17.7 Å². The first-order valence-electron chi connectivity index (χ1n) is 8.53. The number of nitrogens with one attached hydrogen (secondary N) is 2. The largest absolute Gasteiger partial charge is 0.356 e. The molecular formula is C18H22ClN5OS. The molecular weight excluding hydrogens is 370 g/mol. The number of guanidine groups is 1. The Hall–Kier alpha value is -2.12. The summed E-state index contributed by atoms with van der Waals surface area (Å²) in [5, 5.41) is 8.89. The minimum absolute atomic E-state index is 0.0895. The highest BCUT2D eigenvalue weighted by Gasteiger charge is 2.21. The molecule has 0 saturated heterocycles. The fraction of sp³-hybridized carbons (Fsp3) is 0.389. The number of carbonyl (C=O) groups is 1. The lowest BCUT2D eigenvalue weighted by atomic mass is 10.1. The first-order valence-corrected chi connectivity index (χ1v) is 9.79. The Kier molecular flexibility index (Phi) is 6.46. The molecule has 2 N–H and O–H groups in total. The SMILES string of the molecule is CN=C(NCCc1ccc(Cl)nc1)NCC(=O)N1CCc2sccc2C1. The van der Waals surface area contributed by atoms with E-state index in [0.717, 1.165) is 24.9 Å². The Morgan fingerprint density at radius 1 is 1.38 bits per heavy atom. The van der Waals surface area contributed by atoms with Gasteiger partial charge in [0, 0.05) is 37.8 Å². The predicted octanol–water partition coefficient (Wildman–Crippen LogP) is 2.09. The van der Waals surface area contributed by atoms with Crippen LogP contribution < -0.4 is 10.6 Å². The van der Waals surface area contributed by atoms with Crippen LogP contribution in [0.4, 0.5) is 0 Å². The van der Waals surface area contributed by atoms with Gasteiger partial charge in [-0.05, 0) is 41.5 Å². The molecule has 138 valence electrons. The van der Waals surface area contributed by atoms with Crippen molar-refractivity contribution in [1.29, 1.82) is 0 Å². The van der Waals surface area contributed by atoms with Crippen LogP contribution in [0.25, 0.3) is 0 Å². The summed E-state index contributed by atoms with van der Waals surface area (Å²) in [7, 11) is 1.70. The number of hydrogen-bond donors (Lipinski definition) is 2. The van der Waals surface area contributed by atoms with Gasteiger partial charge in [-0.25, -0.2) is 4.98 Å². The molecule has 0 atom stereocenters.